The number of phenolic OH excluding ortho intramolecular Hbond substituents is 1. The smallest absolute Gasteiger partial charge is 0.343 e. The van der Waals surface area contributed by atoms with Crippen LogP contribution in [0.4, 0.5) is 0 Å². The highest BCUT2D eigenvalue weighted by Crippen LogP contribution is 2.32. The van der Waals surface area contributed by atoms with Crippen LogP contribution in [0.3, 0.4) is 0 Å². The van der Waals surface area contributed by atoms with Gasteiger partial charge in [-0.3, -0.25) is 0 Å². The fourth-order valence-corrected chi connectivity index (χ4v) is 1.50. The standard InChI is InChI=1S/C14H16O9/c1-19-12(16)8-21-11-6-9(14(18)20-2)5-10(13(11)17)7-23-22-4-3-15/h3,5-6,17H,4,7-8H2,1-2H3. The number of ether oxygens (including phenoxy) is 3. The molecule has 0 amide bonds. The van der Waals surface area contributed by atoms with Gasteiger partial charge in [-0.05, 0) is 12.1 Å². The molecule has 0 aliphatic carbocycles. The number of esters is 2. The highest BCUT2D eigenvalue weighted by Gasteiger charge is 2.17. The van der Waals surface area contributed by atoms with Crippen LogP contribution in [-0.2, 0) is 35.4 Å². The summed E-state index contributed by atoms with van der Waals surface area (Å²) in [5, 5.41) is 10.1. The zero-order valence-corrected chi connectivity index (χ0v) is 12.6. The van der Waals surface area contributed by atoms with Crippen molar-refractivity contribution in [3.8, 4) is 11.5 Å². The van der Waals surface area contributed by atoms with Crippen LogP contribution in [-0.4, -0.2) is 50.8 Å². The molecule has 9 heteroatoms. The van der Waals surface area contributed by atoms with Crippen molar-refractivity contribution < 1.29 is 43.5 Å². The Hall–Kier alpha value is -2.65. The number of phenols is 1. The summed E-state index contributed by atoms with van der Waals surface area (Å²) in [7, 11) is 2.37. The highest BCUT2D eigenvalue weighted by molar-refractivity contribution is 5.90. The Morgan fingerprint density at radius 2 is 1.91 bits per heavy atom. The Morgan fingerprint density at radius 1 is 1.17 bits per heavy atom. The number of hydrogen-bond acceptors (Lipinski definition) is 9. The lowest BCUT2D eigenvalue weighted by atomic mass is 10.1. The minimum atomic E-state index is -0.678. The molecule has 1 N–H and O–H groups in total. The molecular formula is C14H16O9. The summed E-state index contributed by atoms with van der Waals surface area (Å²) in [5.74, 6) is -1.83. The molecule has 0 atom stereocenters. The van der Waals surface area contributed by atoms with E-state index in [0.717, 1.165) is 0 Å². The molecule has 0 unspecified atom stereocenters. The molecule has 1 aromatic rings. The van der Waals surface area contributed by atoms with Crippen molar-refractivity contribution in [2.24, 2.45) is 0 Å². The van der Waals surface area contributed by atoms with Crippen LogP contribution < -0.4 is 4.74 Å². The van der Waals surface area contributed by atoms with Crippen molar-refractivity contribution in [2.45, 2.75) is 6.61 Å². The van der Waals surface area contributed by atoms with Crippen molar-refractivity contribution in [3.63, 3.8) is 0 Å². The first-order chi connectivity index (χ1) is 11.0. The molecule has 126 valence electrons. The number of aromatic hydroxyl groups is 1. The molecule has 0 radical (unpaired) electrons. The maximum absolute atomic E-state index is 11.6. The minimum absolute atomic E-state index is 0.0687. The lowest BCUT2D eigenvalue weighted by molar-refractivity contribution is -0.296. The normalized spacial score (nSPS) is 10.0. The number of rotatable bonds is 9. The zero-order chi connectivity index (χ0) is 17.2. The summed E-state index contributed by atoms with van der Waals surface area (Å²) in [5.41, 5.74) is 0.206. The van der Waals surface area contributed by atoms with Gasteiger partial charge < -0.3 is 24.1 Å². The molecule has 0 spiro atoms. The van der Waals surface area contributed by atoms with E-state index in [1.165, 1.54) is 26.4 Å². The van der Waals surface area contributed by atoms with Gasteiger partial charge in [-0.1, -0.05) is 0 Å². The average molecular weight is 328 g/mol. The third-order valence-corrected chi connectivity index (χ3v) is 2.58. The van der Waals surface area contributed by atoms with E-state index in [1.807, 2.05) is 0 Å². The number of aldehydes is 1. The monoisotopic (exact) mass is 328 g/mol. The van der Waals surface area contributed by atoms with Crippen molar-refractivity contribution >= 4 is 18.2 Å². The summed E-state index contributed by atoms with van der Waals surface area (Å²) in [6.45, 7) is -1.02. The molecule has 9 nitrogen and oxygen atoms in total. The SMILES string of the molecule is COC(=O)COc1cc(C(=O)OC)cc(COOCC=O)c1O. The first-order valence-electron chi connectivity index (χ1n) is 6.35. The minimum Gasteiger partial charge on any atom is -0.504 e. The molecule has 0 aliphatic heterocycles. The third-order valence-electron chi connectivity index (χ3n) is 2.58. The van der Waals surface area contributed by atoms with Crippen molar-refractivity contribution in [3.05, 3.63) is 23.3 Å². The summed E-state index contributed by atoms with van der Waals surface area (Å²) in [4.78, 5) is 42.1. The van der Waals surface area contributed by atoms with Gasteiger partial charge in [0.15, 0.2) is 18.1 Å². The predicted octanol–water partition coefficient (Wildman–Crippen LogP) is 0.378. The third kappa shape index (κ3) is 5.57. The van der Waals surface area contributed by atoms with Gasteiger partial charge in [-0.25, -0.2) is 19.4 Å². The Morgan fingerprint density at radius 3 is 2.52 bits per heavy atom. The first-order valence-corrected chi connectivity index (χ1v) is 6.35. The molecule has 0 bridgehead atoms. The molecule has 23 heavy (non-hydrogen) atoms. The number of carbonyl (C=O) groups excluding carboxylic acids is 3. The van der Waals surface area contributed by atoms with Gasteiger partial charge in [0.05, 0.1) is 19.8 Å². The van der Waals surface area contributed by atoms with Gasteiger partial charge in [-0.15, -0.1) is 0 Å². The molecule has 0 heterocycles. The van der Waals surface area contributed by atoms with E-state index in [1.54, 1.807) is 0 Å². The molecule has 0 saturated carbocycles. The van der Waals surface area contributed by atoms with Crippen LogP contribution in [0, 0.1) is 0 Å². The first kappa shape index (κ1) is 18.4. The zero-order valence-electron chi connectivity index (χ0n) is 12.6. The van der Waals surface area contributed by atoms with E-state index in [2.05, 4.69) is 14.4 Å². The Labute approximate surface area is 131 Å². The highest BCUT2D eigenvalue weighted by atomic mass is 17.2. The van der Waals surface area contributed by atoms with E-state index >= 15 is 0 Å². The molecular weight excluding hydrogens is 312 g/mol. The van der Waals surface area contributed by atoms with Gasteiger partial charge in [-0.2, -0.15) is 0 Å². The topological polar surface area (TPSA) is 118 Å². The van der Waals surface area contributed by atoms with Crippen molar-refractivity contribution in [1.29, 1.82) is 0 Å². The second-order valence-corrected chi connectivity index (χ2v) is 4.05. The molecule has 1 aromatic carbocycles. The van der Waals surface area contributed by atoms with Crippen LogP contribution in [0.25, 0.3) is 0 Å². The largest absolute Gasteiger partial charge is 0.504 e. The molecule has 0 fully saturated rings. The van der Waals surface area contributed by atoms with Crippen LogP contribution in [0.1, 0.15) is 15.9 Å². The van der Waals surface area contributed by atoms with Crippen molar-refractivity contribution in [1.82, 2.24) is 0 Å². The van der Waals surface area contributed by atoms with Crippen LogP contribution in [0.5, 0.6) is 11.5 Å². The molecule has 0 saturated heterocycles. The van der Waals surface area contributed by atoms with Gasteiger partial charge in [0, 0.05) is 5.56 Å². The summed E-state index contributed by atoms with van der Waals surface area (Å²) in [6, 6.07) is 2.51. The predicted molar refractivity (Wildman–Crippen MR) is 73.8 cm³/mol. The fourth-order valence-electron chi connectivity index (χ4n) is 1.50. The molecule has 1 rings (SSSR count). The van der Waals surface area contributed by atoms with Crippen LogP contribution in [0.15, 0.2) is 12.1 Å². The Bertz CT molecular complexity index is 568. The Kier molecular flexibility index (Phi) is 7.51. The average Bonchev–Trinajstić information content (AvgIpc) is 2.57. The Balaban J connectivity index is 2.99. The quantitative estimate of drug-likeness (QED) is 0.225. The van der Waals surface area contributed by atoms with Crippen molar-refractivity contribution in [2.75, 3.05) is 27.4 Å². The lowest BCUT2D eigenvalue weighted by Crippen LogP contribution is -2.13. The second-order valence-electron chi connectivity index (χ2n) is 4.05. The summed E-state index contributed by atoms with van der Waals surface area (Å²) < 4.78 is 14.1. The number of hydrogen-bond donors (Lipinski definition) is 1. The van der Waals surface area contributed by atoms with Gasteiger partial charge in [0.1, 0.15) is 19.5 Å². The van der Waals surface area contributed by atoms with E-state index in [-0.39, 0.29) is 35.8 Å². The van der Waals surface area contributed by atoms with E-state index in [9.17, 15) is 19.5 Å². The maximum Gasteiger partial charge on any atom is 0.343 e. The van der Waals surface area contributed by atoms with Gasteiger partial charge in [0.2, 0.25) is 0 Å². The summed E-state index contributed by atoms with van der Waals surface area (Å²) in [6.07, 6.45) is 0.482. The number of benzene rings is 1. The van der Waals surface area contributed by atoms with Crippen LogP contribution in [0.2, 0.25) is 0 Å². The number of methoxy groups -OCH3 is 2. The summed E-state index contributed by atoms with van der Waals surface area (Å²) >= 11 is 0. The van der Waals surface area contributed by atoms with Crippen LogP contribution >= 0.6 is 0 Å². The maximum atomic E-state index is 11.6. The number of carbonyl (C=O) groups is 3. The van der Waals surface area contributed by atoms with Gasteiger partial charge in [0.25, 0.3) is 0 Å². The molecule has 0 aromatic heterocycles. The fraction of sp³-hybridized carbons (Fsp3) is 0.357. The van der Waals surface area contributed by atoms with E-state index < -0.39 is 18.5 Å². The van der Waals surface area contributed by atoms with Gasteiger partial charge >= 0.3 is 11.9 Å². The second kappa shape index (κ2) is 9.38. The van der Waals surface area contributed by atoms with E-state index in [0.29, 0.717) is 6.29 Å². The lowest BCUT2D eigenvalue weighted by Gasteiger charge is -2.12. The molecule has 0 aliphatic rings. The van der Waals surface area contributed by atoms with E-state index in [4.69, 9.17) is 9.62 Å².